The first kappa shape index (κ1) is 11.9. The van der Waals surface area contributed by atoms with Gasteiger partial charge in [0.25, 0.3) is 0 Å². The van der Waals surface area contributed by atoms with Crippen molar-refractivity contribution in [2.24, 2.45) is 0 Å². The van der Waals surface area contributed by atoms with Gasteiger partial charge >= 0.3 is 0 Å². The van der Waals surface area contributed by atoms with E-state index in [1.54, 1.807) is 18.0 Å². The van der Waals surface area contributed by atoms with Crippen molar-refractivity contribution in [2.75, 3.05) is 6.54 Å². The Hall–Kier alpha value is -1.07. The van der Waals surface area contributed by atoms with Crippen LogP contribution in [0.15, 0.2) is 35.2 Å². The molecule has 0 aliphatic heterocycles. The number of hydrogen-bond donors (Lipinski definition) is 1. The maximum absolute atomic E-state index is 3.54. The Morgan fingerprint density at radius 2 is 2.31 bits per heavy atom. The van der Waals surface area contributed by atoms with Crippen LogP contribution in [0.1, 0.15) is 13.8 Å². The molecule has 0 aliphatic rings. The Morgan fingerprint density at radius 1 is 1.54 bits per heavy atom. The van der Waals surface area contributed by atoms with Crippen LogP contribution >= 0.6 is 11.8 Å². The minimum Gasteiger partial charge on any atom is -0.381 e. The zero-order chi connectivity index (χ0) is 9.94. The van der Waals surface area contributed by atoms with E-state index in [-0.39, 0.29) is 0 Å². The van der Waals surface area contributed by atoms with Crippen LogP contribution in [0, 0.1) is 11.8 Å². The molecule has 0 unspecified atom stereocenters. The molecule has 0 fully saturated rings. The molecule has 0 heterocycles. The number of rotatable bonds is 4. The van der Waals surface area contributed by atoms with Gasteiger partial charge < -0.3 is 5.32 Å². The molecule has 0 atom stereocenters. The summed E-state index contributed by atoms with van der Waals surface area (Å²) in [6.07, 6.45) is 5.65. The second kappa shape index (κ2) is 9.02. The van der Waals surface area contributed by atoms with Crippen LogP contribution in [-0.4, -0.2) is 6.54 Å². The molecule has 0 amide bonds. The summed E-state index contributed by atoms with van der Waals surface area (Å²) in [5, 5.41) is 4.94. The molecule has 1 nitrogen and oxygen atoms in total. The van der Waals surface area contributed by atoms with Gasteiger partial charge in [0.1, 0.15) is 0 Å². The summed E-state index contributed by atoms with van der Waals surface area (Å²) in [5.74, 6) is 6.04. The van der Waals surface area contributed by atoms with Gasteiger partial charge in [0, 0.05) is 0 Å². The van der Waals surface area contributed by atoms with Gasteiger partial charge in [0.15, 0.2) is 0 Å². The summed E-state index contributed by atoms with van der Waals surface area (Å²) < 4.78 is 0. The van der Waals surface area contributed by atoms with Crippen molar-refractivity contribution in [2.45, 2.75) is 13.8 Å². The molecule has 0 aromatic heterocycles. The van der Waals surface area contributed by atoms with Crippen molar-refractivity contribution in [3.63, 3.8) is 0 Å². The van der Waals surface area contributed by atoms with Crippen molar-refractivity contribution >= 4 is 11.8 Å². The summed E-state index contributed by atoms with van der Waals surface area (Å²) in [5.41, 5.74) is 0. The molecule has 0 saturated heterocycles. The van der Waals surface area contributed by atoms with Gasteiger partial charge in [-0.15, -0.1) is 0 Å². The highest BCUT2D eigenvalue weighted by Gasteiger charge is 1.85. The first-order valence-corrected chi connectivity index (χ1v) is 5.00. The fraction of sp³-hybridized carbons (Fsp3) is 0.273. The quantitative estimate of drug-likeness (QED) is 0.544. The number of thioether (sulfide) groups is 1. The maximum Gasteiger partial charge on any atom is 0.0764 e. The van der Waals surface area contributed by atoms with Crippen LogP contribution in [0.25, 0.3) is 0 Å². The molecule has 0 aromatic carbocycles. The fourth-order valence-corrected chi connectivity index (χ4v) is 1.12. The Balaban J connectivity index is 3.94. The Kier molecular flexibility index (Phi) is 8.28. The molecule has 2 heteroatoms. The molecule has 0 rings (SSSR count). The van der Waals surface area contributed by atoms with Crippen LogP contribution in [-0.2, 0) is 0 Å². The van der Waals surface area contributed by atoms with E-state index >= 15 is 0 Å². The standard InChI is InChI=1S/C11H15NS/c1-4-10-13-11(5-2)8-7-9-12-6-3/h4-6,10,12H,3,9H2,1-2H3/b10-4-,11-5-. The highest BCUT2D eigenvalue weighted by atomic mass is 32.2. The number of hydrogen-bond acceptors (Lipinski definition) is 2. The predicted octanol–water partition coefficient (Wildman–Crippen LogP) is 2.89. The highest BCUT2D eigenvalue weighted by Crippen LogP contribution is 2.14. The second-order valence-corrected chi connectivity index (χ2v) is 3.07. The third kappa shape index (κ3) is 7.30. The first-order valence-electron chi connectivity index (χ1n) is 4.12. The van der Waals surface area contributed by atoms with E-state index in [0.717, 1.165) is 4.91 Å². The van der Waals surface area contributed by atoms with Crippen molar-refractivity contribution < 1.29 is 0 Å². The lowest BCUT2D eigenvalue weighted by molar-refractivity contribution is 1.01. The molecule has 0 spiro atoms. The Labute approximate surface area is 85.0 Å². The van der Waals surface area contributed by atoms with Gasteiger partial charge in [-0.05, 0) is 25.5 Å². The van der Waals surface area contributed by atoms with Gasteiger partial charge in [-0.3, -0.25) is 0 Å². The minimum atomic E-state index is 0.650. The summed E-state index contributed by atoms with van der Waals surface area (Å²) in [4.78, 5) is 1.07. The average molecular weight is 193 g/mol. The van der Waals surface area contributed by atoms with E-state index in [1.807, 2.05) is 31.4 Å². The summed E-state index contributed by atoms with van der Waals surface area (Å²) in [6.45, 7) is 8.17. The van der Waals surface area contributed by atoms with E-state index in [0.29, 0.717) is 6.54 Å². The largest absolute Gasteiger partial charge is 0.381 e. The minimum absolute atomic E-state index is 0.650. The highest BCUT2D eigenvalue weighted by molar-refractivity contribution is 8.06. The lowest BCUT2D eigenvalue weighted by Gasteiger charge is -1.91. The fourth-order valence-electron chi connectivity index (χ4n) is 0.566. The molecular formula is C11H15NS. The first-order chi connectivity index (χ1) is 6.35. The monoisotopic (exact) mass is 193 g/mol. The molecule has 70 valence electrons. The van der Waals surface area contributed by atoms with Crippen LogP contribution in [0.4, 0.5) is 0 Å². The second-order valence-electron chi connectivity index (χ2n) is 2.13. The summed E-state index contributed by atoms with van der Waals surface area (Å²) >= 11 is 1.63. The molecule has 1 N–H and O–H groups in total. The molecule has 0 aliphatic carbocycles. The van der Waals surface area contributed by atoms with Crippen molar-refractivity contribution in [1.29, 1.82) is 0 Å². The summed E-state index contributed by atoms with van der Waals surface area (Å²) in [6, 6.07) is 0. The van der Waals surface area contributed by atoms with E-state index in [4.69, 9.17) is 0 Å². The SMILES string of the molecule is C=CNCC#C/C(=C/C)S/C=C\C. The smallest absolute Gasteiger partial charge is 0.0764 e. The van der Waals surface area contributed by atoms with E-state index in [9.17, 15) is 0 Å². The Bertz CT molecular complexity index is 253. The zero-order valence-electron chi connectivity index (χ0n) is 8.13. The lowest BCUT2D eigenvalue weighted by Crippen LogP contribution is -2.02. The van der Waals surface area contributed by atoms with Crippen LogP contribution in [0.2, 0.25) is 0 Å². The van der Waals surface area contributed by atoms with E-state index in [2.05, 4.69) is 23.7 Å². The van der Waals surface area contributed by atoms with Gasteiger partial charge in [-0.1, -0.05) is 42.3 Å². The van der Waals surface area contributed by atoms with Crippen molar-refractivity contribution in [1.82, 2.24) is 5.32 Å². The van der Waals surface area contributed by atoms with Gasteiger partial charge in [0.05, 0.1) is 11.4 Å². The third-order valence-corrected chi connectivity index (χ3v) is 2.14. The summed E-state index contributed by atoms with van der Waals surface area (Å²) in [7, 11) is 0. The topological polar surface area (TPSA) is 12.0 Å². The number of nitrogens with one attached hydrogen (secondary N) is 1. The maximum atomic E-state index is 3.54. The van der Waals surface area contributed by atoms with Gasteiger partial charge in [-0.2, -0.15) is 0 Å². The molecular weight excluding hydrogens is 178 g/mol. The van der Waals surface area contributed by atoms with Crippen molar-refractivity contribution in [3.05, 3.63) is 35.2 Å². The zero-order valence-corrected chi connectivity index (χ0v) is 8.95. The van der Waals surface area contributed by atoms with Gasteiger partial charge in [0.2, 0.25) is 0 Å². The molecule has 0 saturated carbocycles. The van der Waals surface area contributed by atoms with E-state index < -0.39 is 0 Å². The Morgan fingerprint density at radius 3 is 2.85 bits per heavy atom. The predicted molar refractivity (Wildman–Crippen MR) is 62.1 cm³/mol. The van der Waals surface area contributed by atoms with Crippen LogP contribution in [0.3, 0.4) is 0 Å². The molecule has 0 radical (unpaired) electrons. The van der Waals surface area contributed by atoms with Crippen LogP contribution < -0.4 is 5.32 Å². The number of allylic oxidation sites excluding steroid dienone is 3. The van der Waals surface area contributed by atoms with Crippen molar-refractivity contribution in [3.8, 4) is 11.8 Å². The molecule has 13 heavy (non-hydrogen) atoms. The van der Waals surface area contributed by atoms with Gasteiger partial charge in [-0.25, -0.2) is 0 Å². The molecule has 0 aromatic rings. The van der Waals surface area contributed by atoms with E-state index in [1.165, 1.54) is 0 Å². The normalized spacial score (nSPS) is 10.8. The third-order valence-electron chi connectivity index (χ3n) is 1.14. The van der Waals surface area contributed by atoms with Crippen LogP contribution in [0.5, 0.6) is 0 Å². The molecule has 0 bridgehead atoms. The average Bonchev–Trinajstić information content (AvgIpc) is 2.17. The lowest BCUT2D eigenvalue weighted by atomic mass is 10.5.